The monoisotopic (exact) mass is 306 g/mol. The first kappa shape index (κ1) is 15.3. The maximum atomic E-state index is 12.6. The van der Waals surface area contributed by atoms with Crippen LogP contribution in [0.2, 0.25) is 0 Å². The number of likely N-dealkylation sites (N-methyl/N-ethyl adjacent to an activating group) is 1. The molecular formula is C20H22N2O. The van der Waals surface area contributed by atoms with Gasteiger partial charge in [0, 0.05) is 31.4 Å². The second kappa shape index (κ2) is 6.29. The third kappa shape index (κ3) is 2.74. The van der Waals surface area contributed by atoms with E-state index in [0.717, 1.165) is 35.6 Å². The van der Waals surface area contributed by atoms with Crippen molar-refractivity contribution in [1.29, 1.82) is 0 Å². The SMILES string of the molecule is CCN(CC)c1ccc(C=C2C(=O)c3ccccc3N2C)cc1. The summed E-state index contributed by atoms with van der Waals surface area (Å²) >= 11 is 0. The number of carbonyl (C=O) groups is 1. The molecule has 1 aliphatic heterocycles. The molecule has 23 heavy (non-hydrogen) atoms. The number of hydrogen-bond acceptors (Lipinski definition) is 3. The number of anilines is 2. The van der Waals surface area contributed by atoms with Gasteiger partial charge >= 0.3 is 0 Å². The molecule has 118 valence electrons. The molecule has 0 atom stereocenters. The van der Waals surface area contributed by atoms with Crippen molar-refractivity contribution < 1.29 is 4.79 Å². The molecule has 0 saturated carbocycles. The third-order valence-corrected chi connectivity index (χ3v) is 4.43. The smallest absolute Gasteiger partial charge is 0.211 e. The van der Waals surface area contributed by atoms with Crippen LogP contribution in [0.5, 0.6) is 0 Å². The first-order valence-electron chi connectivity index (χ1n) is 8.09. The van der Waals surface area contributed by atoms with Gasteiger partial charge < -0.3 is 9.80 Å². The van der Waals surface area contributed by atoms with Gasteiger partial charge in [-0.2, -0.15) is 0 Å². The molecule has 0 N–H and O–H groups in total. The molecule has 2 aromatic rings. The number of ketones is 1. The Hall–Kier alpha value is -2.55. The van der Waals surface area contributed by atoms with E-state index in [0.29, 0.717) is 0 Å². The van der Waals surface area contributed by atoms with Crippen LogP contribution in [0.25, 0.3) is 6.08 Å². The van der Waals surface area contributed by atoms with Gasteiger partial charge in [-0.1, -0.05) is 24.3 Å². The highest BCUT2D eigenvalue weighted by atomic mass is 16.1. The number of carbonyl (C=O) groups excluding carboxylic acids is 1. The van der Waals surface area contributed by atoms with Crippen LogP contribution in [0.1, 0.15) is 29.8 Å². The van der Waals surface area contributed by atoms with Crippen LogP contribution in [-0.2, 0) is 0 Å². The maximum Gasteiger partial charge on any atom is 0.211 e. The number of Topliss-reactive ketones (excluding diaryl/α,β-unsaturated/α-hetero) is 1. The Labute approximate surface area is 137 Å². The fourth-order valence-electron chi connectivity index (χ4n) is 3.07. The highest BCUT2D eigenvalue weighted by Gasteiger charge is 2.28. The van der Waals surface area contributed by atoms with E-state index in [4.69, 9.17) is 0 Å². The van der Waals surface area contributed by atoms with Crippen LogP contribution < -0.4 is 9.80 Å². The van der Waals surface area contributed by atoms with Crippen LogP contribution in [0.4, 0.5) is 11.4 Å². The van der Waals surface area contributed by atoms with E-state index in [1.165, 1.54) is 5.69 Å². The quantitative estimate of drug-likeness (QED) is 0.791. The van der Waals surface area contributed by atoms with Gasteiger partial charge in [0.1, 0.15) is 0 Å². The first-order chi connectivity index (χ1) is 11.2. The van der Waals surface area contributed by atoms with Gasteiger partial charge in [0.05, 0.1) is 11.4 Å². The Kier molecular flexibility index (Phi) is 4.20. The van der Waals surface area contributed by atoms with Gasteiger partial charge in [0.25, 0.3) is 0 Å². The molecule has 0 aromatic heterocycles. The summed E-state index contributed by atoms with van der Waals surface area (Å²) in [5.41, 5.74) is 4.74. The molecule has 0 bridgehead atoms. The Morgan fingerprint density at radius 2 is 1.65 bits per heavy atom. The van der Waals surface area contributed by atoms with Crippen molar-refractivity contribution in [3.8, 4) is 0 Å². The first-order valence-corrected chi connectivity index (χ1v) is 8.09. The second-order valence-corrected chi connectivity index (χ2v) is 5.70. The lowest BCUT2D eigenvalue weighted by atomic mass is 10.1. The Bertz CT molecular complexity index is 742. The van der Waals surface area contributed by atoms with Crippen molar-refractivity contribution in [1.82, 2.24) is 0 Å². The number of benzene rings is 2. The van der Waals surface area contributed by atoms with Crippen LogP contribution in [0.3, 0.4) is 0 Å². The summed E-state index contributed by atoms with van der Waals surface area (Å²) in [4.78, 5) is 16.8. The molecule has 2 aromatic carbocycles. The molecule has 0 fully saturated rings. The molecule has 0 spiro atoms. The number of para-hydroxylation sites is 1. The second-order valence-electron chi connectivity index (χ2n) is 5.70. The predicted molar refractivity (Wildman–Crippen MR) is 97.2 cm³/mol. The predicted octanol–water partition coefficient (Wildman–Crippen LogP) is 4.21. The molecule has 0 aliphatic carbocycles. The zero-order valence-corrected chi connectivity index (χ0v) is 13.9. The Morgan fingerprint density at radius 3 is 2.26 bits per heavy atom. The number of nitrogens with zero attached hydrogens (tertiary/aromatic N) is 2. The number of rotatable bonds is 4. The van der Waals surface area contributed by atoms with Crippen LogP contribution in [-0.4, -0.2) is 25.9 Å². The highest BCUT2D eigenvalue weighted by molar-refractivity contribution is 6.21. The minimum atomic E-state index is 0.0934. The number of fused-ring (bicyclic) bond motifs is 1. The zero-order chi connectivity index (χ0) is 16.4. The van der Waals surface area contributed by atoms with Gasteiger partial charge in [0.2, 0.25) is 5.78 Å². The van der Waals surface area contributed by atoms with Crippen LogP contribution >= 0.6 is 0 Å². The molecule has 0 saturated heterocycles. The van der Waals surface area contributed by atoms with Crippen molar-refractivity contribution >= 4 is 23.2 Å². The van der Waals surface area contributed by atoms with E-state index < -0.39 is 0 Å². The summed E-state index contributed by atoms with van der Waals surface area (Å²) in [6.45, 7) is 6.30. The molecule has 0 unspecified atom stereocenters. The van der Waals surface area contributed by atoms with Crippen molar-refractivity contribution in [2.24, 2.45) is 0 Å². The fourth-order valence-corrected chi connectivity index (χ4v) is 3.07. The van der Waals surface area contributed by atoms with Crippen LogP contribution in [0.15, 0.2) is 54.2 Å². The summed E-state index contributed by atoms with van der Waals surface area (Å²) in [6, 6.07) is 16.1. The molecular weight excluding hydrogens is 284 g/mol. The van der Waals surface area contributed by atoms with Crippen LogP contribution in [0, 0.1) is 0 Å². The van der Waals surface area contributed by atoms with Gasteiger partial charge in [-0.15, -0.1) is 0 Å². The minimum Gasteiger partial charge on any atom is -0.372 e. The molecule has 3 heteroatoms. The van der Waals surface area contributed by atoms with E-state index >= 15 is 0 Å². The van der Waals surface area contributed by atoms with E-state index in [1.54, 1.807) is 0 Å². The third-order valence-electron chi connectivity index (χ3n) is 4.43. The average Bonchev–Trinajstić information content (AvgIpc) is 2.83. The molecule has 1 aliphatic rings. The summed E-state index contributed by atoms with van der Waals surface area (Å²) in [5.74, 6) is 0.0934. The fraction of sp³-hybridized carbons (Fsp3) is 0.250. The molecule has 3 rings (SSSR count). The average molecular weight is 306 g/mol. The van der Waals surface area contributed by atoms with E-state index in [9.17, 15) is 4.79 Å². The maximum absolute atomic E-state index is 12.6. The lowest BCUT2D eigenvalue weighted by Crippen LogP contribution is -2.21. The number of allylic oxidation sites excluding steroid dienone is 1. The van der Waals surface area contributed by atoms with Crippen molar-refractivity contribution in [2.45, 2.75) is 13.8 Å². The minimum absolute atomic E-state index is 0.0934. The van der Waals surface area contributed by atoms with E-state index in [1.807, 2.05) is 42.3 Å². The van der Waals surface area contributed by atoms with E-state index in [-0.39, 0.29) is 5.78 Å². The van der Waals surface area contributed by atoms with Crippen molar-refractivity contribution in [2.75, 3.05) is 29.9 Å². The summed E-state index contributed by atoms with van der Waals surface area (Å²) in [6.07, 6.45) is 1.97. The molecule has 3 nitrogen and oxygen atoms in total. The molecule has 0 amide bonds. The largest absolute Gasteiger partial charge is 0.372 e. The van der Waals surface area contributed by atoms with Gasteiger partial charge in [0.15, 0.2) is 0 Å². The Balaban J connectivity index is 1.90. The zero-order valence-electron chi connectivity index (χ0n) is 13.9. The standard InChI is InChI=1S/C20H22N2O/c1-4-22(5-2)16-12-10-15(11-13-16)14-19-20(23)17-8-6-7-9-18(17)21(19)3/h6-14H,4-5H2,1-3H3. The Morgan fingerprint density at radius 1 is 1.00 bits per heavy atom. The van der Waals surface area contributed by atoms with Gasteiger partial charge in [-0.25, -0.2) is 0 Å². The highest BCUT2D eigenvalue weighted by Crippen LogP contribution is 2.33. The number of hydrogen-bond donors (Lipinski definition) is 0. The normalized spacial score (nSPS) is 15.2. The van der Waals surface area contributed by atoms with E-state index in [2.05, 4.69) is 43.0 Å². The summed E-state index contributed by atoms with van der Waals surface area (Å²) in [7, 11) is 1.94. The lowest BCUT2D eigenvalue weighted by Gasteiger charge is -2.21. The van der Waals surface area contributed by atoms with Crippen molar-refractivity contribution in [3.05, 3.63) is 65.4 Å². The topological polar surface area (TPSA) is 23.6 Å². The van der Waals surface area contributed by atoms with Gasteiger partial charge in [-0.3, -0.25) is 4.79 Å². The summed E-state index contributed by atoms with van der Waals surface area (Å²) in [5, 5.41) is 0. The van der Waals surface area contributed by atoms with Crippen molar-refractivity contribution in [3.63, 3.8) is 0 Å². The molecule has 1 heterocycles. The lowest BCUT2D eigenvalue weighted by molar-refractivity contribution is 0.104. The molecule has 0 radical (unpaired) electrons. The van der Waals surface area contributed by atoms with Gasteiger partial charge in [-0.05, 0) is 49.8 Å². The summed E-state index contributed by atoms with van der Waals surface area (Å²) < 4.78 is 0.